The Hall–Kier alpha value is -9.30. The molecule has 0 spiro atoms. The van der Waals surface area contributed by atoms with Crippen molar-refractivity contribution in [3.63, 3.8) is 0 Å². The maximum absolute atomic E-state index is 2.47. The number of benzene rings is 13. The normalized spacial score (nSPS) is 11.7. The molecule has 0 radical (unpaired) electrons. The fraction of sp³-hybridized carbons (Fsp3) is 0. The maximum Gasteiger partial charge on any atom is 0.0541 e. The SMILES string of the molecule is c1ccc(-c2cc(-c3ccccc3)cc(-n3c4ccc(-c5ccc(-c6cc7ccccc7c7ccccc67)cc5)cc4c4cc(-c5ccc(-c6cc7ccccc7c7ccccc67)cc5)ccc43)c2)cc1. The van der Waals surface area contributed by atoms with Gasteiger partial charge in [-0.25, -0.2) is 0 Å². The highest BCUT2D eigenvalue weighted by molar-refractivity contribution is 6.16. The zero-order valence-corrected chi connectivity index (χ0v) is 38.9. The summed E-state index contributed by atoms with van der Waals surface area (Å²) in [6.07, 6.45) is 0. The summed E-state index contributed by atoms with van der Waals surface area (Å²) in [6, 6.07) is 101. The Morgan fingerprint density at radius 2 is 0.521 bits per heavy atom. The fourth-order valence-electron chi connectivity index (χ4n) is 11.3. The van der Waals surface area contributed by atoms with E-state index in [1.807, 2.05) is 0 Å². The molecule has 0 atom stereocenters. The van der Waals surface area contributed by atoms with E-state index in [2.05, 4.69) is 278 Å². The Morgan fingerprint density at radius 3 is 0.958 bits per heavy atom. The van der Waals surface area contributed by atoms with Crippen molar-refractivity contribution in [2.45, 2.75) is 0 Å². The third-order valence-corrected chi connectivity index (χ3v) is 14.7. The van der Waals surface area contributed by atoms with Crippen LogP contribution in [-0.4, -0.2) is 4.57 Å². The van der Waals surface area contributed by atoms with Crippen LogP contribution in [0, 0.1) is 0 Å². The van der Waals surface area contributed by atoms with Gasteiger partial charge in [-0.2, -0.15) is 0 Å². The summed E-state index contributed by atoms with van der Waals surface area (Å²) >= 11 is 0. The van der Waals surface area contributed by atoms with Gasteiger partial charge in [0.05, 0.1) is 11.0 Å². The van der Waals surface area contributed by atoms with E-state index in [1.54, 1.807) is 0 Å². The summed E-state index contributed by atoms with van der Waals surface area (Å²) < 4.78 is 2.47. The first-order valence-corrected chi connectivity index (χ1v) is 24.6. The Bertz CT molecular complexity index is 4070. The fourth-order valence-corrected chi connectivity index (χ4v) is 11.3. The maximum atomic E-state index is 2.47. The first-order valence-electron chi connectivity index (χ1n) is 24.6. The van der Waals surface area contributed by atoms with Gasteiger partial charge < -0.3 is 4.57 Å². The average Bonchev–Trinajstić information content (AvgIpc) is 3.78. The van der Waals surface area contributed by atoms with Crippen molar-refractivity contribution in [2.24, 2.45) is 0 Å². The summed E-state index contributed by atoms with van der Waals surface area (Å²) in [5, 5.41) is 12.6. The van der Waals surface area contributed by atoms with Gasteiger partial charge in [-0.15, -0.1) is 0 Å². The third-order valence-electron chi connectivity index (χ3n) is 14.7. The monoisotopic (exact) mass is 899 g/mol. The highest BCUT2D eigenvalue weighted by Crippen LogP contribution is 2.42. The van der Waals surface area contributed by atoms with E-state index in [9.17, 15) is 0 Å². The summed E-state index contributed by atoms with van der Waals surface area (Å²) in [7, 11) is 0. The lowest BCUT2D eigenvalue weighted by Gasteiger charge is -2.14. The van der Waals surface area contributed by atoms with Gasteiger partial charge in [0, 0.05) is 16.5 Å². The minimum atomic E-state index is 1.13. The lowest BCUT2D eigenvalue weighted by molar-refractivity contribution is 1.18. The summed E-state index contributed by atoms with van der Waals surface area (Å²) in [4.78, 5) is 0. The molecule has 0 fully saturated rings. The minimum absolute atomic E-state index is 1.13. The Labute approximate surface area is 412 Å². The van der Waals surface area contributed by atoms with E-state index in [0.717, 1.165) is 5.69 Å². The molecule has 13 aromatic carbocycles. The van der Waals surface area contributed by atoms with Crippen molar-refractivity contribution in [1.29, 1.82) is 0 Å². The van der Waals surface area contributed by atoms with Crippen molar-refractivity contribution >= 4 is 64.9 Å². The van der Waals surface area contributed by atoms with E-state index in [0.29, 0.717) is 0 Å². The average molecular weight is 900 g/mol. The highest BCUT2D eigenvalue weighted by Gasteiger charge is 2.18. The van der Waals surface area contributed by atoms with E-state index < -0.39 is 0 Å². The highest BCUT2D eigenvalue weighted by atomic mass is 15.0. The predicted molar refractivity (Wildman–Crippen MR) is 303 cm³/mol. The molecule has 1 heterocycles. The second-order valence-corrected chi connectivity index (χ2v) is 18.8. The smallest absolute Gasteiger partial charge is 0.0541 e. The number of nitrogens with zero attached hydrogens (tertiary/aromatic N) is 1. The predicted octanol–water partition coefficient (Wildman–Crippen LogP) is 19.4. The largest absolute Gasteiger partial charge is 0.309 e. The van der Waals surface area contributed by atoms with Crippen molar-refractivity contribution in [2.75, 3.05) is 0 Å². The van der Waals surface area contributed by atoms with Gasteiger partial charge >= 0.3 is 0 Å². The van der Waals surface area contributed by atoms with E-state index in [4.69, 9.17) is 0 Å². The Kier molecular flexibility index (Phi) is 9.60. The van der Waals surface area contributed by atoms with Gasteiger partial charge in [-0.3, -0.25) is 0 Å². The molecule has 0 amide bonds. The topological polar surface area (TPSA) is 4.93 Å². The van der Waals surface area contributed by atoms with Crippen molar-refractivity contribution in [3.8, 4) is 72.4 Å². The van der Waals surface area contributed by atoms with Crippen LogP contribution >= 0.6 is 0 Å². The first kappa shape index (κ1) is 40.7. The van der Waals surface area contributed by atoms with Crippen LogP contribution in [0.3, 0.4) is 0 Å². The Morgan fingerprint density at radius 1 is 0.183 bits per heavy atom. The van der Waals surface area contributed by atoms with Crippen LogP contribution in [0.15, 0.2) is 273 Å². The second-order valence-electron chi connectivity index (χ2n) is 18.8. The molecular weight excluding hydrogens is 855 g/mol. The summed E-state index contributed by atoms with van der Waals surface area (Å²) in [5.74, 6) is 0. The lowest BCUT2D eigenvalue weighted by Crippen LogP contribution is -1.96. The second kappa shape index (κ2) is 16.7. The number of fused-ring (bicyclic) bond motifs is 9. The molecule has 0 aliphatic carbocycles. The number of hydrogen-bond acceptors (Lipinski definition) is 0. The van der Waals surface area contributed by atoms with E-state index in [-0.39, 0.29) is 0 Å². The molecule has 0 saturated heterocycles. The molecule has 0 saturated carbocycles. The van der Waals surface area contributed by atoms with Crippen molar-refractivity contribution < 1.29 is 0 Å². The quantitative estimate of drug-likeness (QED) is 0.141. The number of rotatable bonds is 7. The lowest BCUT2D eigenvalue weighted by atomic mass is 9.92. The number of aromatic nitrogens is 1. The molecule has 330 valence electrons. The van der Waals surface area contributed by atoms with Gasteiger partial charge in [-0.05, 0) is 164 Å². The molecule has 0 bridgehead atoms. The molecule has 1 heteroatoms. The van der Waals surface area contributed by atoms with Gasteiger partial charge in [-0.1, -0.05) is 218 Å². The van der Waals surface area contributed by atoms with Crippen LogP contribution < -0.4 is 0 Å². The molecule has 0 N–H and O–H groups in total. The van der Waals surface area contributed by atoms with Gasteiger partial charge in [0.25, 0.3) is 0 Å². The van der Waals surface area contributed by atoms with Crippen LogP contribution in [0.1, 0.15) is 0 Å². The molecule has 0 aliphatic heterocycles. The van der Waals surface area contributed by atoms with Gasteiger partial charge in [0.1, 0.15) is 0 Å². The van der Waals surface area contributed by atoms with Gasteiger partial charge in [0.2, 0.25) is 0 Å². The zero-order chi connectivity index (χ0) is 46.8. The molecule has 0 unspecified atom stereocenters. The minimum Gasteiger partial charge on any atom is -0.309 e. The molecular formula is C70H45N. The molecule has 1 aromatic heterocycles. The van der Waals surface area contributed by atoms with Crippen LogP contribution in [-0.2, 0) is 0 Å². The van der Waals surface area contributed by atoms with Crippen LogP contribution in [0.4, 0.5) is 0 Å². The van der Waals surface area contributed by atoms with Gasteiger partial charge in [0.15, 0.2) is 0 Å². The molecule has 14 rings (SSSR count). The van der Waals surface area contributed by atoms with Crippen molar-refractivity contribution in [1.82, 2.24) is 4.57 Å². The molecule has 14 aromatic rings. The Balaban J connectivity index is 0.924. The third kappa shape index (κ3) is 7.01. The summed E-state index contributed by atoms with van der Waals surface area (Å²) in [6.45, 7) is 0. The molecule has 71 heavy (non-hydrogen) atoms. The van der Waals surface area contributed by atoms with Crippen LogP contribution in [0.2, 0.25) is 0 Å². The molecule has 1 nitrogen and oxygen atoms in total. The number of hydrogen-bond donors (Lipinski definition) is 0. The standard InChI is InChI=1S/C70H45N/c1-3-15-46(16-4-1)56-39-57(47-17-5-2-6-18-47)41-58(40-56)71-69-37-35-52(48-27-31-50(32-28-48)65-44-54-19-7-9-21-59(54)61-23-11-13-25-63(61)65)42-67(69)68-43-53(36-38-70(68)71)49-29-33-51(34-30-49)66-45-55-20-8-10-22-60(55)62-24-12-14-26-64(62)66/h1-45H. The summed E-state index contributed by atoms with van der Waals surface area (Å²) in [5.41, 5.74) is 17.9. The van der Waals surface area contributed by atoms with E-state index in [1.165, 1.54) is 132 Å². The van der Waals surface area contributed by atoms with Crippen LogP contribution in [0.5, 0.6) is 0 Å². The molecule has 0 aliphatic rings. The van der Waals surface area contributed by atoms with Crippen molar-refractivity contribution in [3.05, 3.63) is 273 Å². The first-order chi connectivity index (χ1) is 35.2. The van der Waals surface area contributed by atoms with Crippen LogP contribution in [0.25, 0.3) is 137 Å². The van der Waals surface area contributed by atoms with E-state index >= 15 is 0 Å². The zero-order valence-electron chi connectivity index (χ0n) is 38.9.